The van der Waals surface area contributed by atoms with E-state index in [9.17, 15) is 4.79 Å². The molecule has 3 heteroatoms. The molecule has 1 aliphatic heterocycles. The van der Waals surface area contributed by atoms with Crippen molar-refractivity contribution in [3.63, 3.8) is 0 Å². The Bertz CT molecular complexity index is 426. The van der Waals surface area contributed by atoms with Crippen molar-refractivity contribution >= 4 is 17.7 Å². The van der Waals surface area contributed by atoms with Gasteiger partial charge in [0, 0.05) is 16.5 Å². The van der Waals surface area contributed by atoms with Gasteiger partial charge in [-0.05, 0) is 55.2 Å². The van der Waals surface area contributed by atoms with E-state index in [1.165, 1.54) is 22.6 Å². The van der Waals surface area contributed by atoms with Crippen LogP contribution in [0.3, 0.4) is 0 Å². The topological polar surface area (TPSA) is 29.1 Å². The molecule has 1 amide bonds. The minimum atomic E-state index is 0.0980. The second kappa shape index (κ2) is 4.13. The molecule has 1 aromatic rings. The molecule has 2 nitrogen and oxygen atoms in total. The van der Waals surface area contributed by atoms with Crippen molar-refractivity contribution in [2.24, 2.45) is 0 Å². The van der Waals surface area contributed by atoms with E-state index in [2.05, 4.69) is 17.4 Å². The average Bonchev–Trinajstić information content (AvgIpc) is 3.12. The van der Waals surface area contributed by atoms with Gasteiger partial charge >= 0.3 is 0 Å². The minimum absolute atomic E-state index is 0.0980. The predicted octanol–water partition coefficient (Wildman–Crippen LogP) is 2.62. The maximum Gasteiger partial charge on any atom is 0.251 e. The first-order chi connectivity index (χ1) is 7.83. The molecule has 1 heterocycles. The van der Waals surface area contributed by atoms with Gasteiger partial charge in [0.15, 0.2) is 0 Å². The molecule has 1 aromatic carbocycles. The second-order valence-corrected chi connectivity index (χ2v) is 5.66. The normalized spacial score (nSPS) is 19.0. The zero-order valence-corrected chi connectivity index (χ0v) is 9.98. The molecular formula is C13H15NOS. The standard InChI is InChI=1S/C13H15NOS/c15-13(14-11-4-5-11)10-3-6-12-9(8-10)2-1-7-16-12/h3,6,8,11H,1-2,4-5,7H2,(H,14,15). The highest BCUT2D eigenvalue weighted by atomic mass is 32.2. The molecule has 0 spiro atoms. The van der Waals surface area contributed by atoms with E-state index in [1.54, 1.807) is 0 Å². The molecule has 3 rings (SSSR count). The summed E-state index contributed by atoms with van der Waals surface area (Å²) in [5.41, 5.74) is 2.17. The summed E-state index contributed by atoms with van der Waals surface area (Å²) in [6.45, 7) is 0. The second-order valence-electron chi connectivity index (χ2n) is 4.52. The molecule has 0 radical (unpaired) electrons. The molecule has 0 saturated heterocycles. The molecule has 2 aliphatic rings. The first-order valence-corrected chi connectivity index (χ1v) is 6.88. The summed E-state index contributed by atoms with van der Waals surface area (Å²) >= 11 is 1.90. The van der Waals surface area contributed by atoms with Crippen LogP contribution in [-0.4, -0.2) is 17.7 Å². The number of thioether (sulfide) groups is 1. The van der Waals surface area contributed by atoms with Gasteiger partial charge in [-0.1, -0.05) is 0 Å². The maximum atomic E-state index is 11.9. The summed E-state index contributed by atoms with van der Waals surface area (Å²) in [5.74, 6) is 1.31. The molecule has 1 saturated carbocycles. The quantitative estimate of drug-likeness (QED) is 0.850. The van der Waals surface area contributed by atoms with Crippen molar-refractivity contribution in [3.05, 3.63) is 29.3 Å². The molecule has 0 aromatic heterocycles. The highest BCUT2D eigenvalue weighted by molar-refractivity contribution is 7.99. The predicted molar refractivity (Wildman–Crippen MR) is 66.0 cm³/mol. The molecule has 16 heavy (non-hydrogen) atoms. The third kappa shape index (κ3) is 2.09. The molecule has 1 aliphatic carbocycles. The first kappa shape index (κ1) is 10.2. The van der Waals surface area contributed by atoms with Gasteiger partial charge in [0.25, 0.3) is 5.91 Å². The van der Waals surface area contributed by atoms with E-state index in [1.807, 2.05) is 17.8 Å². The van der Waals surface area contributed by atoms with Gasteiger partial charge in [0.1, 0.15) is 0 Å². The van der Waals surface area contributed by atoms with Crippen molar-refractivity contribution in [2.45, 2.75) is 36.6 Å². The number of fused-ring (bicyclic) bond motifs is 1. The maximum absolute atomic E-state index is 11.9. The van der Waals surface area contributed by atoms with Crippen molar-refractivity contribution in [3.8, 4) is 0 Å². The zero-order chi connectivity index (χ0) is 11.0. The summed E-state index contributed by atoms with van der Waals surface area (Å²) in [6, 6.07) is 6.56. The molecule has 1 N–H and O–H groups in total. The Balaban J connectivity index is 1.81. The first-order valence-electron chi connectivity index (χ1n) is 5.89. The van der Waals surface area contributed by atoms with Crippen molar-refractivity contribution in [2.75, 3.05) is 5.75 Å². The Morgan fingerprint density at radius 2 is 2.25 bits per heavy atom. The van der Waals surface area contributed by atoms with Gasteiger partial charge in [-0.3, -0.25) is 4.79 Å². The summed E-state index contributed by atoms with van der Waals surface area (Å²) in [4.78, 5) is 13.2. The molecular weight excluding hydrogens is 218 g/mol. The van der Waals surface area contributed by atoms with E-state index in [4.69, 9.17) is 0 Å². The highest BCUT2D eigenvalue weighted by Gasteiger charge is 2.24. The van der Waals surface area contributed by atoms with E-state index in [-0.39, 0.29) is 5.91 Å². The summed E-state index contributed by atoms with van der Waals surface area (Å²) in [7, 11) is 0. The van der Waals surface area contributed by atoms with E-state index >= 15 is 0 Å². The Morgan fingerprint density at radius 1 is 1.38 bits per heavy atom. The lowest BCUT2D eigenvalue weighted by Gasteiger charge is -2.15. The van der Waals surface area contributed by atoms with Crippen LogP contribution >= 0.6 is 11.8 Å². The number of carbonyl (C=O) groups is 1. The Hall–Kier alpha value is -0.960. The monoisotopic (exact) mass is 233 g/mol. The summed E-state index contributed by atoms with van der Waals surface area (Å²) < 4.78 is 0. The lowest BCUT2D eigenvalue weighted by Crippen LogP contribution is -2.25. The van der Waals surface area contributed by atoms with Crippen molar-refractivity contribution in [1.29, 1.82) is 0 Å². The molecule has 0 bridgehead atoms. The number of hydrogen-bond donors (Lipinski definition) is 1. The number of aryl methyl sites for hydroxylation is 1. The van der Waals surface area contributed by atoms with Gasteiger partial charge in [0.05, 0.1) is 0 Å². The van der Waals surface area contributed by atoms with Crippen molar-refractivity contribution in [1.82, 2.24) is 5.32 Å². The van der Waals surface area contributed by atoms with Crippen LogP contribution in [0, 0.1) is 0 Å². The Morgan fingerprint density at radius 3 is 3.06 bits per heavy atom. The third-order valence-electron chi connectivity index (χ3n) is 3.08. The molecule has 0 unspecified atom stereocenters. The number of nitrogens with one attached hydrogen (secondary N) is 1. The Kier molecular flexibility index (Phi) is 2.64. The molecule has 1 fully saturated rings. The smallest absolute Gasteiger partial charge is 0.251 e. The van der Waals surface area contributed by atoms with Crippen LogP contribution in [0.25, 0.3) is 0 Å². The van der Waals surface area contributed by atoms with Crippen LogP contribution in [0.2, 0.25) is 0 Å². The van der Waals surface area contributed by atoms with E-state index in [0.717, 1.165) is 24.8 Å². The number of carbonyl (C=O) groups excluding carboxylic acids is 1. The third-order valence-corrected chi connectivity index (χ3v) is 4.29. The van der Waals surface area contributed by atoms with E-state index in [0.29, 0.717) is 6.04 Å². The van der Waals surface area contributed by atoms with Crippen molar-refractivity contribution < 1.29 is 4.79 Å². The number of benzene rings is 1. The van der Waals surface area contributed by atoms with Crippen LogP contribution in [-0.2, 0) is 6.42 Å². The van der Waals surface area contributed by atoms with Gasteiger partial charge in [-0.2, -0.15) is 0 Å². The fourth-order valence-corrected chi connectivity index (χ4v) is 3.02. The van der Waals surface area contributed by atoms with Gasteiger partial charge in [0.2, 0.25) is 0 Å². The zero-order valence-electron chi connectivity index (χ0n) is 9.16. The highest BCUT2D eigenvalue weighted by Crippen LogP contribution is 2.30. The number of rotatable bonds is 2. The molecule has 0 atom stereocenters. The largest absolute Gasteiger partial charge is 0.349 e. The number of hydrogen-bond acceptors (Lipinski definition) is 2. The van der Waals surface area contributed by atoms with Crippen LogP contribution in [0.1, 0.15) is 35.2 Å². The molecule has 84 valence electrons. The van der Waals surface area contributed by atoms with Gasteiger partial charge in [-0.15, -0.1) is 11.8 Å². The van der Waals surface area contributed by atoms with Gasteiger partial charge < -0.3 is 5.32 Å². The fourth-order valence-electron chi connectivity index (χ4n) is 2.00. The fraction of sp³-hybridized carbons (Fsp3) is 0.462. The summed E-state index contributed by atoms with van der Waals surface area (Å²) in [6.07, 6.45) is 4.64. The van der Waals surface area contributed by atoms with Crippen LogP contribution in [0.15, 0.2) is 23.1 Å². The van der Waals surface area contributed by atoms with Crippen LogP contribution < -0.4 is 5.32 Å². The Labute approximate surface area is 99.8 Å². The summed E-state index contributed by atoms with van der Waals surface area (Å²) in [5, 5.41) is 3.03. The van der Waals surface area contributed by atoms with Crippen LogP contribution in [0.5, 0.6) is 0 Å². The SMILES string of the molecule is O=C(NC1CC1)c1ccc2c(c1)CCCS2. The minimum Gasteiger partial charge on any atom is -0.349 e. The average molecular weight is 233 g/mol. The van der Waals surface area contributed by atoms with Crippen LogP contribution in [0.4, 0.5) is 0 Å². The number of amides is 1. The lowest BCUT2D eigenvalue weighted by atomic mass is 10.1. The van der Waals surface area contributed by atoms with E-state index < -0.39 is 0 Å². The lowest BCUT2D eigenvalue weighted by molar-refractivity contribution is 0.0951. The van der Waals surface area contributed by atoms with Gasteiger partial charge in [-0.25, -0.2) is 0 Å².